The number of para-hydroxylation sites is 2. The van der Waals surface area contributed by atoms with Crippen LogP contribution in [0, 0.1) is 19.8 Å². The zero-order chi connectivity index (χ0) is 21.3. The maximum absolute atomic E-state index is 12.0. The lowest BCUT2D eigenvalue weighted by Crippen LogP contribution is -2.17. The zero-order valence-electron chi connectivity index (χ0n) is 17.5. The number of fused-ring (bicyclic) bond motifs is 1. The van der Waals surface area contributed by atoms with E-state index in [1.54, 1.807) is 4.68 Å². The molecule has 4 aromatic rings. The van der Waals surface area contributed by atoms with Gasteiger partial charge in [0.25, 0.3) is 0 Å². The van der Waals surface area contributed by atoms with Crippen molar-refractivity contribution in [3.05, 3.63) is 66.0 Å². The zero-order valence-corrected chi connectivity index (χ0v) is 17.5. The summed E-state index contributed by atoms with van der Waals surface area (Å²) in [5, 5.41) is 10.9. The van der Waals surface area contributed by atoms with E-state index in [4.69, 9.17) is 9.97 Å². The SMILES string of the molecule is Cc1cc(C)n(-c2nc3ccccc3nc2Nc2cccc(NC(=O)C(C)C)c2)n1. The fourth-order valence-electron chi connectivity index (χ4n) is 3.16. The van der Waals surface area contributed by atoms with E-state index in [0.717, 1.165) is 33.8 Å². The molecule has 0 bridgehead atoms. The number of benzene rings is 2. The lowest BCUT2D eigenvalue weighted by Gasteiger charge is -2.14. The van der Waals surface area contributed by atoms with Gasteiger partial charge < -0.3 is 10.6 Å². The Kier molecular flexibility index (Phi) is 5.18. The molecule has 0 unspecified atom stereocenters. The first-order chi connectivity index (χ1) is 14.4. The van der Waals surface area contributed by atoms with Crippen LogP contribution in [0.1, 0.15) is 25.2 Å². The van der Waals surface area contributed by atoms with Gasteiger partial charge >= 0.3 is 0 Å². The predicted octanol–water partition coefficient (Wildman–Crippen LogP) is 4.77. The summed E-state index contributed by atoms with van der Waals surface area (Å²) < 4.78 is 1.79. The number of nitrogens with one attached hydrogen (secondary N) is 2. The van der Waals surface area contributed by atoms with E-state index in [2.05, 4.69) is 15.7 Å². The Morgan fingerprint density at radius 1 is 0.933 bits per heavy atom. The summed E-state index contributed by atoms with van der Waals surface area (Å²) in [4.78, 5) is 21.7. The van der Waals surface area contributed by atoms with E-state index < -0.39 is 0 Å². The average molecular weight is 400 g/mol. The van der Waals surface area contributed by atoms with Gasteiger partial charge in [0, 0.05) is 23.0 Å². The molecule has 2 aromatic carbocycles. The number of amides is 1. The maximum atomic E-state index is 12.0. The smallest absolute Gasteiger partial charge is 0.226 e. The van der Waals surface area contributed by atoms with Crippen molar-refractivity contribution in [3.8, 4) is 5.82 Å². The van der Waals surface area contributed by atoms with Crippen LogP contribution in [0.5, 0.6) is 0 Å². The number of nitrogens with zero attached hydrogens (tertiary/aromatic N) is 4. The molecule has 2 N–H and O–H groups in total. The second kappa shape index (κ2) is 7.94. The summed E-state index contributed by atoms with van der Waals surface area (Å²) in [6.07, 6.45) is 0. The minimum absolute atomic E-state index is 0.0269. The fraction of sp³-hybridized carbons (Fsp3) is 0.217. The summed E-state index contributed by atoms with van der Waals surface area (Å²) in [5.41, 5.74) is 4.98. The van der Waals surface area contributed by atoms with E-state index in [-0.39, 0.29) is 11.8 Å². The first-order valence-electron chi connectivity index (χ1n) is 9.89. The average Bonchev–Trinajstić information content (AvgIpc) is 3.05. The molecule has 0 radical (unpaired) electrons. The Morgan fingerprint density at radius 2 is 1.63 bits per heavy atom. The molecule has 0 fully saturated rings. The summed E-state index contributed by atoms with van der Waals surface area (Å²) in [5.74, 6) is 1.09. The Labute approximate surface area is 175 Å². The molecule has 0 aliphatic carbocycles. The van der Waals surface area contributed by atoms with Gasteiger partial charge in [0.15, 0.2) is 11.6 Å². The molecule has 2 aromatic heterocycles. The molecule has 7 heteroatoms. The van der Waals surface area contributed by atoms with Crippen molar-refractivity contribution < 1.29 is 4.79 Å². The molecule has 2 heterocycles. The second-order valence-electron chi connectivity index (χ2n) is 7.57. The van der Waals surface area contributed by atoms with Crippen molar-refractivity contribution in [1.82, 2.24) is 19.7 Å². The van der Waals surface area contributed by atoms with Crippen LogP contribution in [0.3, 0.4) is 0 Å². The van der Waals surface area contributed by atoms with Gasteiger partial charge in [-0.3, -0.25) is 4.79 Å². The van der Waals surface area contributed by atoms with Gasteiger partial charge in [-0.15, -0.1) is 0 Å². The Hall–Kier alpha value is -3.74. The number of aryl methyl sites for hydroxylation is 2. The molecule has 0 aliphatic rings. The van der Waals surface area contributed by atoms with Crippen molar-refractivity contribution in [2.75, 3.05) is 10.6 Å². The molecule has 0 atom stereocenters. The molecule has 0 spiro atoms. The van der Waals surface area contributed by atoms with Crippen molar-refractivity contribution in [1.29, 1.82) is 0 Å². The topological polar surface area (TPSA) is 84.7 Å². The van der Waals surface area contributed by atoms with Crippen molar-refractivity contribution in [2.45, 2.75) is 27.7 Å². The number of anilines is 3. The number of aromatic nitrogens is 4. The minimum Gasteiger partial charge on any atom is -0.337 e. The summed E-state index contributed by atoms with van der Waals surface area (Å²) >= 11 is 0. The summed E-state index contributed by atoms with van der Waals surface area (Å²) in [7, 11) is 0. The highest BCUT2D eigenvalue weighted by molar-refractivity contribution is 5.92. The number of carbonyl (C=O) groups is 1. The third-order valence-electron chi connectivity index (χ3n) is 4.68. The van der Waals surface area contributed by atoms with Gasteiger partial charge in [0.05, 0.1) is 16.7 Å². The summed E-state index contributed by atoms with van der Waals surface area (Å²) in [6, 6.07) is 17.3. The van der Waals surface area contributed by atoms with Crippen LogP contribution in [0.2, 0.25) is 0 Å². The lowest BCUT2D eigenvalue weighted by molar-refractivity contribution is -0.118. The second-order valence-corrected chi connectivity index (χ2v) is 7.57. The predicted molar refractivity (Wildman–Crippen MR) is 119 cm³/mol. The van der Waals surface area contributed by atoms with E-state index in [1.165, 1.54) is 0 Å². The van der Waals surface area contributed by atoms with Gasteiger partial charge in [-0.1, -0.05) is 32.0 Å². The molecule has 0 saturated carbocycles. The first-order valence-corrected chi connectivity index (χ1v) is 9.89. The van der Waals surface area contributed by atoms with Crippen LogP contribution in [-0.2, 0) is 4.79 Å². The number of carbonyl (C=O) groups excluding carboxylic acids is 1. The van der Waals surface area contributed by atoms with Crippen LogP contribution in [0.25, 0.3) is 16.9 Å². The van der Waals surface area contributed by atoms with Crippen LogP contribution in [0.15, 0.2) is 54.6 Å². The van der Waals surface area contributed by atoms with Gasteiger partial charge in [-0.2, -0.15) is 5.10 Å². The molecule has 30 heavy (non-hydrogen) atoms. The van der Waals surface area contributed by atoms with Crippen LogP contribution < -0.4 is 10.6 Å². The van der Waals surface area contributed by atoms with Crippen molar-refractivity contribution >= 4 is 34.1 Å². The monoisotopic (exact) mass is 400 g/mol. The number of rotatable bonds is 5. The van der Waals surface area contributed by atoms with E-state index in [1.807, 2.05) is 82.3 Å². The highest BCUT2D eigenvalue weighted by Crippen LogP contribution is 2.26. The molecule has 0 saturated heterocycles. The van der Waals surface area contributed by atoms with E-state index >= 15 is 0 Å². The van der Waals surface area contributed by atoms with Crippen LogP contribution in [0.4, 0.5) is 17.2 Å². The highest BCUT2D eigenvalue weighted by Gasteiger charge is 2.15. The van der Waals surface area contributed by atoms with Gasteiger partial charge in [-0.25, -0.2) is 14.6 Å². The van der Waals surface area contributed by atoms with Gasteiger partial charge in [0.1, 0.15) is 0 Å². The lowest BCUT2D eigenvalue weighted by atomic mass is 10.2. The Balaban J connectivity index is 1.76. The molecule has 0 aliphatic heterocycles. The largest absolute Gasteiger partial charge is 0.337 e. The Morgan fingerprint density at radius 3 is 2.30 bits per heavy atom. The normalized spacial score (nSPS) is 11.1. The standard InChI is InChI=1S/C23H24N6O/c1-14(2)23(30)25-18-9-7-8-17(13-18)24-21-22(29-16(4)12-15(3)28-29)27-20-11-6-5-10-19(20)26-21/h5-14H,1-4H3,(H,24,26)(H,25,30). The minimum atomic E-state index is -0.0920. The molecule has 152 valence electrons. The quantitative estimate of drug-likeness (QED) is 0.504. The van der Waals surface area contributed by atoms with Crippen molar-refractivity contribution in [2.24, 2.45) is 5.92 Å². The third kappa shape index (κ3) is 4.00. The number of hydrogen-bond acceptors (Lipinski definition) is 5. The van der Waals surface area contributed by atoms with Gasteiger partial charge in [0.2, 0.25) is 5.91 Å². The van der Waals surface area contributed by atoms with Crippen molar-refractivity contribution in [3.63, 3.8) is 0 Å². The van der Waals surface area contributed by atoms with E-state index in [9.17, 15) is 4.79 Å². The van der Waals surface area contributed by atoms with Crippen LogP contribution >= 0.6 is 0 Å². The molecular weight excluding hydrogens is 376 g/mol. The fourth-order valence-corrected chi connectivity index (χ4v) is 3.16. The summed E-state index contributed by atoms with van der Waals surface area (Å²) in [6.45, 7) is 7.67. The molecule has 1 amide bonds. The Bertz CT molecular complexity index is 1230. The van der Waals surface area contributed by atoms with Crippen LogP contribution in [-0.4, -0.2) is 25.7 Å². The number of hydrogen-bond donors (Lipinski definition) is 2. The molecular formula is C23H24N6O. The third-order valence-corrected chi connectivity index (χ3v) is 4.68. The molecule has 7 nitrogen and oxygen atoms in total. The first kappa shape index (κ1) is 19.6. The maximum Gasteiger partial charge on any atom is 0.226 e. The van der Waals surface area contributed by atoms with Gasteiger partial charge in [-0.05, 0) is 50.2 Å². The molecule has 4 rings (SSSR count). The highest BCUT2D eigenvalue weighted by atomic mass is 16.1. The van der Waals surface area contributed by atoms with E-state index in [0.29, 0.717) is 11.6 Å².